The molecule has 1 aliphatic carbocycles. The van der Waals surface area contributed by atoms with Gasteiger partial charge in [0.25, 0.3) is 5.91 Å². The van der Waals surface area contributed by atoms with Crippen LogP contribution in [0.4, 0.5) is 11.5 Å². The van der Waals surface area contributed by atoms with Gasteiger partial charge in [0, 0.05) is 19.7 Å². The van der Waals surface area contributed by atoms with Crippen molar-refractivity contribution in [3.8, 4) is 0 Å². The second-order valence-electron chi connectivity index (χ2n) is 5.41. The van der Waals surface area contributed by atoms with Crippen LogP contribution in [-0.4, -0.2) is 30.0 Å². The minimum Gasteiger partial charge on any atom is -0.361 e. The van der Waals surface area contributed by atoms with Crippen LogP contribution >= 0.6 is 0 Å². The second-order valence-corrected chi connectivity index (χ2v) is 5.41. The monoisotopic (exact) mass is 282 g/mol. The van der Waals surface area contributed by atoms with E-state index in [9.17, 15) is 4.79 Å². The number of aromatic nitrogens is 2. The van der Waals surface area contributed by atoms with Crippen LogP contribution in [0.25, 0.3) is 0 Å². The molecule has 108 valence electrons. The summed E-state index contributed by atoms with van der Waals surface area (Å²) < 4.78 is 0. The normalized spacial score (nSPS) is 12.9. The van der Waals surface area contributed by atoms with E-state index in [0.717, 1.165) is 24.8 Å². The largest absolute Gasteiger partial charge is 0.361 e. The fraction of sp³-hybridized carbons (Fsp3) is 0.312. The Morgan fingerprint density at radius 2 is 2.14 bits per heavy atom. The van der Waals surface area contributed by atoms with E-state index >= 15 is 0 Å². The van der Waals surface area contributed by atoms with E-state index in [1.54, 1.807) is 6.20 Å². The van der Waals surface area contributed by atoms with Crippen molar-refractivity contribution in [3.63, 3.8) is 0 Å². The molecule has 5 nitrogen and oxygen atoms in total. The van der Waals surface area contributed by atoms with E-state index in [-0.39, 0.29) is 5.91 Å². The van der Waals surface area contributed by atoms with Crippen molar-refractivity contribution in [2.24, 2.45) is 0 Å². The van der Waals surface area contributed by atoms with Crippen molar-refractivity contribution < 1.29 is 4.79 Å². The van der Waals surface area contributed by atoms with Crippen molar-refractivity contribution in [1.29, 1.82) is 0 Å². The van der Waals surface area contributed by atoms with Gasteiger partial charge in [0.15, 0.2) is 5.82 Å². The molecule has 21 heavy (non-hydrogen) atoms. The van der Waals surface area contributed by atoms with Crippen LogP contribution in [0, 0.1) is 0 Å². The molecule has 0 bridgehead atoms. The number of aryl methyl sites for hydroxylation is 1. The number of benzene rings is 1. The topological polar surface area (TPSA) is 58.1 Å². The van der Waals surface area contributed by atoms with Gasteiger partial charge in [-0.2, -0.15) is 0 Å². The molecule has 0 fully saturated rings. The highest BCUT2D eigenvalue weighted by atomic mass is 16.1. The Hall–Kier alpha value is -2.43. The number of carbonyl (C=O) groups excluding carboxylic acids is 1. The Balaban J connectivity index is 1.90. The molecule has 5 heteroatoms. The number of hydrogen-bond acceptors (Lipinski definition) is 4. The van der Waals surface area contributed by atoms with Gasteiger partial charge >= 0.3 is 0 Å². The van der Waals surface area contributed by atoms with E-state index in [1.165, 1.54) is 17.5 Å². The van der Waals surface area contributed by atoms with Crippen molar-refractivity contribution >= 4 is 17.4 Å². The predicted octanol–water partition coefficient (Wildman–Crippen LogP) is 2.28. The fourth-order valence-corrected chi connectivity index (χ4v) is 2.79. The van der Waals surface area contributed by atoms with Crippen LogP contribution in [0.15, 0.2) is 30.7 Å². The zero-order valence-corrected chi connectivity index (χ0v) is 12.3. The lowest BCUT2D eigenvalue weighted by molar-refractivity contribution is 0.102. The van der Waals surface area contributed by atoms with E-state index in [4.69, 9.17) is 0 Å². The molecule has 0 unspecified atom stereocenters. The SMILES string of the molecule is CN(C)c1ncncc1NC(=O)c1cccc2c1CCC2. The highest BCUT2D eigenvalue weighted by molar-refractivity contribution is 6.06. The molecule has 1 amide bonds. The van der Waals surface area contributed by atoms with Gasteiger partial charge in [0.1, 0.15) is 12.0 Å². The molecule has 0 spiro atoms. The summed E-state index contributed by atoms with van der Waals surface area (Å²) in [6.45, 7) is 0. The van der Waals surface area contributed by atoms with Crippen LogP contribution in [0.3, 0.4) is 0 Å². The number of carbonyl (C=O) groups is 1. The number of hydrogen-bond donors (Lipinski definition) is 1. The number of amides is 1. The molecule has 0 saturated heterocycles. The van der Waals surface area contributed by atoms with E-state index in [0.29, 0.717) is 11.5 Å². The number of fused-ring (bicyclic) bond motifs is 1. The minimum absolute atomic E-state index is 0.0911. The summed E-state index contributed by atoms with van der Waals surface area (Å²) in [5.74, 6) is 0.609. The fourth-order valence-electron chi connectivity index (χ4n) is 2.79. The third kappa shape index (κ3) is 2.59. The van der Waals surface area contributed by atoms with Gasteiger partial charge in [-0.3, -0.25) is 4.79 Å². The van der Waals surface area contributed by atoms with Crippen LogP contribution in [0.2, 0.25) is 0 Å². The first kappa shape index (κ1) is 13.5. The van der Waals surface area contributed by atoms with E-state index < -0.39 is 0 Å². The van der Waals surface area contributed by atoms with Gasteiger partial charge in [0.2, 0.25) is 0 Å². The summed E-state index contributed by atoms with van der Waals surface area (Å²) in [5, 5.41) is 2.93. The molecular formula is C16H18N4O. The molecular weight excluding hydrogens is 264 g/mol. The zero-order valence-electron chi connectivity index (χ0n) is 12.3. The number of nitrogens with one attached hydrogen (secondary N) is 1. The molecule has 0 radical (unpaired) electrons. The third-order valence-corrected chi connectivity index (χ3v) is 3.75. The van der Waals surface area contributed by atoms with Gasteiger partial charge in [0.05, 0.1) is 6.20 Å². The summed E-state index contributed by atoms with van der Waals surface area (Å²) in [7, 11) is 3.77. The Morgan fingerprint density at radius 1 is 1.29 bits per heavy atom. The standard InChI is InChI=1S/C16H18N4O/c1-20(2)15-14(9-17-10-18-15)19-16(21)13-8-4-6-11-5-3-7-12(11)13/h4,6,8-10H,3,5,7H2,1-2H3,(H,19,21). The van der Waals surface area contributed by atoms with Crippen LogP contribution in [-0.2, 0) is 12.8 Å². The molecule has 1 aromatic carbocycles. The summed E-state index contributed by atoms with van der Waals surface area (Å²) in [5.41, 5.74) is 3.86. The number of anilines is 2. The van der Waals surface area contributed by atoms with Gasteiger partial charge in [-0.25, -0.2) is 9.97 Å². The molecule has 1 aromatic heterocycles. The van der Waals surface area contributed by atoms with Gasteiger partial charge in [-0.1, -0.05) is 12.1 Å². The third-order valence-electron chi connectivity index (χ3n) is 3.75. The quantitative estimate of drug-likeness (QED) is 0.938. The maximum absolute atomic E-state index is 12.6. The van der Waals surface area contributed by atoms with E-state index in [1.807, 2.05) is 31.1 Å². The first-order valence-corrected chi connectivity index (χ1v) is 7.06. The van der Waals surface area contributed by atoms with Gasteiger partial charge in [-0.05, 0) is 36.5 Å². The zero-order chi connectivity index (χ0) is 14.8. The average Bonchev–Trinajstić information content (AvgIpc) is 2.95. The minimum atomic E-state index is -0.0911. The Morgan fingerprint density at radius 3 is 2.95 bits per heavy atom. The van der Waals surface area contributed by atoms with Crippen molar-refractivity contribution in [2.75, 3.05) is 24.3 Å². The lowest BCUT2D eigenvalue weighted by Crippen LogP contribution is -2.19. The lowest BCUT2D eigenvalue weighted by atomic mass is 10.0. The number of nitrogens with zero attached hydrogens (tertiary/aromatic N) is 3. The molecule has 0 aliphatic heterocycles. The summed E-state index contributed by atoms with van der Waals surface area (Å²) in [4.78, 5) is 22.6. The van der Waals surface area contributed by atoms with Gasteiger partial charge in [-0.15, -0.1) is 0 Å². The molecule has 0 atom stereocenters. The van der Waals surface area contributed by atoms with Crippen LogP contribution < -0.4 is 10.2 Å². The van der Waals surface area contributed by atoms with Crippen LogP contribution in [0.1, 0.15) is 27.9 Å². The second kappa shape index (κ2) is 5.52. The molecule has 1 aliphatic rings. The molecule has 0 saturated carbocycles. The summed E-state index contributed by atoms with van der Waals surface area (Å²) >= 11 is 0. The Kier molecular flexibility index (Phi) is 3.56. The molecule has 2 aromatic rings. The number of rotatable bonds is 3. The highest BCUT2D eigenvalue weighted by Gasteiger charge is 2.19. The Bertz CT molecular complexity index is 682. The first-order chi connectivity index (χ1) is 10.2. The first-order valence-electron chi connectivity index (χ1n) is 7.06. The van der Waals surface area contributed by atoms with Crippen molar-refractivity contribution in [3.05, 3.63) is 47.4 Å². The smallest absolute Gasteiger partial charge is 0.256 e. The van der Waals surface area contributed by atoms with Crippen LogP contribution in [0.5, 0.6) is 0 Å². The predicted molar refractivity (Wildman–Crippen MR) is 82.8 cm³/mol. The summed E-state index contributed by atoms with van der Waals surface area (Å²) in [6.07, 6.45) is 6.27. The maximum Gasteiger partial charge on any atom is 0.256 e. The van der Waals surface area contributed by atoms with Crippen molar-refractivity contribution in [1.82, 2.24) is 9.97 Å². The van der Waals surface area contributed by atoms with Gasteiger partial charge < -0.3 is 10.2 Å². The molecule has 1 heterocycles. The summed E-state index contributed by atoms with van der Waals surface area (Å²) in [6, 6.07) is 5.95. The lowest BCUT2D eigenvalue weighted by Gasteiger charge is -2.16. The molecule has 3 rings (SSSR count). The highest BCUT2D eigenvalue weighted by Crippen LogP contribution is 2.27. The average molecular weight is 282 g/mol. The van der Waals surface area contributed by atoms with Crippen molar-refractivity contribution in [2.45, 2.75) is 19.3 Å². The molecule has 1 N–H and O–H groups in total. The maximum atomic E-state index is 12.6. The van der Waals surface area contributed by atoms with E-state index in [2.05, 4.69) is 21.4 Å². The Labute approximate surface area is 124 Å².